The number of nitrogens with one attached hydrogen (secondary N) is 1. The van der Waals surface area contributed by atoms with Gasteiger partial charge in [0, 0.05) is 25.2 Å². The van der Waals surface area contributed by atoms with E-state index in [1.54, 1.807) is 11.0 Å². The molecule has 10 nitrogen and oxygen atoms in total. The molecule has 160 valence electrons. The second-order valence-corrected chi connectivity index (χ2v) is 6.25. The van der Waals surface area contributed by atoms with E-state index in [0.717, 1.165) is 0 Å². The van der Waals surface area contributed by atoms with E-state index in [1.807, 2.05) is 0 Å². The van der Waals surface area contributed by atoms with Crippen molar-refractivity contribution < 1.29 is 37.7 Å². The van der Waals surface area contributed by atoms with E-state index < -0.39 is 18.5 Å². The van der Waals surface area contributed by atoms with Crippen LogP contribution in [0.25, 0.3) is 0 Å². The zero-order valence-electron chi connectivity index (χ0n) is 16.6. The fourth-order valence-corrected chi connectivity index (χ4v) is 2.85. The van der Waals surface area contributed by atoms with Crippen LogP contribution in [0, 0.1) is 0 Å². The summed E-state index contributed by atoms with van der Waals surface area (Å²) in [6.07, 6.45) is 1.36. The molecule has 1 saturated heterocycles. The number of amides is 2. The van der Waals surface area contributed by atoms with Crippen LogP contribution in [0.5, 0.6) is 11.5 Å². The third-order valence-electron chi connectivity index (χ3n) is 4.43. The highest BCUT2D eigenvalue weighted by Crippen LogP contribution is 2.34. The normalized spacial score (nSPS) is 13.5. The van der Waals surface area contributed by atoms with Crippen molar-refractivity contribution in [2.75, 3.05) is 52.4 Å². The van der Waals surface area contributed by atoms with Gasteiger partial charge in [0.15, 0.2) is 23.9 Å². The van der Waals surface area contributed by atoms with Crippen LogP contribution in [-0.4, -0.2) is 69.8 Å². The maximum Gasteiger partial charge on any atom is 0.340 e. The number of hydrogen-bond acceptors (Lipinski definition) is 8. The van der Waals surface area contributed by atoms with E-state index in [0.29, 0.717) is 32.1 Å². The Hall–Kier alpha value is -3.53. The molecule has 3 rings (SSSR count). The highest BCUT2D eigenvalue weighted by molar-refractivity contribution is 6.07. The Balaban J connectivity index is 1.79. The number of benzene rings is 1. The summed E-state index contributed by atoms with van der Waals surface area (Å²) in [7, 11) is 2.84. The number of anilines is 1. The fraction of sp³-hybridized carbons (Fsp3) is 0.350. The first-order chi connectivity index (χ1) is 14.5. The SMILES string of the molecule is COc1cc(NC(=O)c2ccco2)c(C(=O)OCC(=O)N2CCOCC2)cc1OC. The van der Waals surface area contributed by atoms with E-state index in [2.05, 4.69) is 5.32 Å². The Bertz CT molecular complexity index is 904. The molecule has 1 fully saturated rings. The standard InChI is InChI=1S/C20H22N2O8/c1-26-16-10-13(20(25)30-12-18(23)22-5-8-28-9-6-22)14(11-17(16)27-2)21-19(24)15-4-3-7-29-15/h3-4,7,10-11H,5-6,8-9,12H2,1-2H3,(H,21,24). The summed E-state index contributed by atoms with van der Waals surface area (Å²) in [5, 5.41) is 2.59. The van der Waals surface area contributed by atoms with Gasteiger partial charge in [0.05, 0.1) is 44.9 Å². The Morgan fingerprint density at radius 1 is 1.10 bits per heavy atom. The first kappa shape index (κ1) is 21.2. The van der Waals surface area contributed by atoms with Gasteiger partial charge >= 0.3 is 5.97 Å². The predicted molar refractivity (Wildman–Crippen MR) is 104 cm³/mol. The smallest absolute Gasteiger partial charge is 0.340 e. The summed E-state index contributed by atoms with van der Waals surface area (Å²) in [4.78, 5) is 38.9. The monoisotopic (exact) mass is 418 g/mol. The maximum absolute atomic E-state index is 12.7. The molecule has 0 bridgehead atoms. The minimum Gasteiger partial charge on any atom is -0.493 e. The molecule has 1 aromatic carbocycles. The second-order valence-electron chi connectivity index (χ2n) is 6.25. The first-order valence-corrected chi connectivity index (χ1v) is 9.17. The molecular weight excluding hydrogens is 396 g/mol. The van der Waals surface area contributed by atoms with Gasteiger partial charge in [0.1, 0.15) is 0 Å². The number of carbonyl (C=O) groups excluding carboxylic acids is 3. The van der Waals surface area contributed by atoms with E-state index in [1.165, 1.54) is 38.7 Å². The molecule has 2 amide bonds. The summed E-state index contributed by atoms with van der Waals surface area (Å²) in [5.41, 5.74) is 0.125. The van der Waals surface area contributed by atoms with Gasteiger partial charge in [-0.1, -0.05) is 0 Å². The van der Waals surface area contributed by atoms with Crippen molar-refractivity contribution >= 4 is 23.5 Å². The third-order valence-corrected chi connectivity index (χ3v) is 4.43. The number of nitrogens with zero attached hydrogens (tertiary/aromatic N) is 1. The Morgan fingerprint density at radius 2 is 1.80 bits per heavy atom. The lowest BCUT2D eigenvalue weighted by Gasteiger charge is -2.26. The van der Waals surface area contributed by atoms with Gasteiger partial charge in [-0.3, -0.25) is 9.59 Å². The maximum atomic E-state index is 12.7. The molecular formula is C20H22N2O8. The zero-order chi connectivity index (χ0) is 21.5. The van der Waals surface area contributed by atoms with E-state index in [4.69, 9.17) is 23.4 Å². The molecule has 0 spiro atoms. The summed E-state index contributed by atoms with van der Waals surface area (Å²) in [6, 6.07) is 5.85. The van der Waals surface area contributed by atoms with Gasteiger partial charge in [-0.2, -0.15) is 0 Å². The van der Waals surface area contributed by atoms with Crippen molar-refractivity contribution in [3.05, 3.63) is 41.9 Å². The Morgan fingerprint density at radius 3 is 2.43 bits per heavy atom. The topological polar surface area (TPSA) is 117 Å². The summed E-state index contributed by atoms with van der Waals surface area (Å²) < 4.78 is 25.9. The Kier molecular flexibility index (Phi) is 6.91. The van der Waals surface area contributed by atoms with E-state index >= 15 is 0 Å². The van der Waals surface area contributed by atoms with Crippen LogP contribution < -0.4 is 14.8 Å². The fourth-order valence-electron chi connectivity index (χ4n) is 2.85. The van der Waals surface area contributed by atoms with Crippen LogP contribution in [0.3, 0.4) is 0 Å². The minimum absolute atomic E-state index is 0.00216. The lowest BCUT2D eigenvalue weighted by molar-refractivity contribution is -0.138. The van der Waals surface area contributed by atoms with Gasteiger partial charge in [-0.05, 0) is 12.1 Å². The number of hydrogen-bond donors (Lipinski definition) is 1. The molecule has 0 radical (unpaired) electrons. The number of esters is 1. The van der Waals surface area contributed by atoms with Crippen molar-refractivity contribution in [2.45, 2.75) is 0 Å². The highest BCUT2D eigenvalue weighted by atomic mass is 16.5. The number of methoxy groups -OCH3 is 2. The summed E-state index contributed by atoms with van der Waals surface area (Å²) >= 11 is 0. The molecule has 1 aliphatic heterocycles. The van der Waals surface area contributed by atoms with Crippen LogP contribution in [0.1, 0.15) is 20.9 Å². The van der Waals surface area contributed by atoms with Gasteiger partial charge in [0.25, 0.3) is 11.8 Å². The molecule has 0 saturated carbocycles. The molecule has 1 N–H and O–H groups in total. The molecule has 0 atom stereocenters. The van der Waals surface area contributed by atoms with Crippen LogP contribution in [-0.2, 0) is 14.3 Å². The number of carbonyl (C=O) groups is 3. The van der Waals surface area contributed by atoms with Gasteiger partial charge in [-0.15, -0.1) is 0 Å². The molecule has 0 aliphatic carbocycles. The lowest BCUT2D eigenvalue weighted by atomic mass is 10.1. The van der Waals surface area contributed by atoms with Crippen molar-refractivity contribution in [1.82, 2.24) is 4.90 Å². The van der Waals surface area contributed by atoms with Gasteiger partial charge < -0.3 is 33.6 Å². The number of morpholine rings is 1. The molecule has 1 aliphatic rings. The molecule has 2 aromatic rings. The number of furan rings is 1. The van der Waals surface area contributed by atoms with Crippen molar-refractivity contribution in [3.63, 3.8) is 0 Å². The van der Waals surface area contributed by atoms with Crippen LogP contribution in [0.4, 0.5) is 5.69 Å². The average molecular weight is 418 g/mol. The quantitative estimate of drug-likeness (QED) is 0.674. The molecule has 30 heavy (non-hydrogen) atoms. The zero-order valence-corrected chi connectivity index (χ0v) is 16.6. The van der Waals surface area contributed by atoms with Crippen LogP contribution >= 0.6 is 0 Å². The van der Waals surface area contributed by atoms with Crippen molar-refractivity contribution in [1.29, 1.82) is 0 Å². The second kappa shape index (κ2) is 9.79. The molecule has 0 unspecified atom stereocenters. The van der Waals surface area contributed by atoms with Crippen LogP contribution in [0.2, 0.25) is 0 Å². The summed E-state index contributed by atoms with van der Waals surface area (Å²) in [6.45, 7) is 1.34. The average Bonchev–Trinajstić information content (AvgIpc) is 3.32. The van der Waals surface area contributed by atoms with Crippen molar-refractivity contribution in [2.24, 2.45) is 0 Å². The van der Waals surface area contributed by atoms with Gasteiger partial charge in [-0.25, -0.2) is 4.79 Å². The van der Waals surface area contributed by atoms with E-state index in [9.17, 15) is 14.4 Å². The van der Waals surface area contributed by atoms with Gasteiger partial charge in [0.2, 0.25) is 0 Å². The van der Waals surface area contributed by atoms with E-state index in [-0.39, 0.29) is 28.7 Å². The first-order valence-electron chi connectivity index (χ1n) is 9.17. The summed E-state index contributed by atoms with van der Waals surface area (Å²) in [5.74, 6) is -1.06. The number of rotatable bonds is 7. The molecule has 1 aromatic heterocycles. The molecule has 10 heteroatoms. The largest absolute Gasteiger partial charge is 0.493 e. The highest BCUT2D eigenvalue weighted by Gasteiger charge is 2.23. The number of ether oxygens (including phenoxy) is 4. The van der Waals surface area contributed by atoms with Crippen molar-refractivity contribution in [3.8, 4) is 11.5 Å². The predicted octanol–water partition coefficient (Wildman–Crippen LogP) is 1.56. The lowest BCUT2D eigenvalue weighted by Crippen LogP contribution is -2.42. The minimum atomic E-state index is -0.799. The third kappa shape index (κ3) is 4.90. The Labute approximate surface area is 172 Å². The molecule has 2 heterocycles. The van der Waals surface area contributed by atoms with Crippen LogP contribution in [0.15, 0.2) is 34.9 Å².